The van der Waals surface area contributed by atoms with Crippen LogP contribution in [0.15, 0.2) is 84.9 Å². The number of benzene rings is 4. The number of fused-ring (bicyclic) bond motifs is 3. The fraction of sp³-hybridized carbons (Fsp3) is 0.404. The molecule has 0 bridgehead atoms. The third-order valence-corrected chi connectivity index (χ3v) is 11.6. The molecule has 2 aliphatic rings. The van der Waals surface area contributed by atoms with Gasteiger partial charge in [-0.3, -0.25) is 9.58 Å². The number of aromatic carboxylic acids is 1. The second-order valence-corrected chi connectivity index (χ2v) is 16.2. The zero-order valence-electron chi connectivity index (χ0n) is 34.7. The molecular weight excluding hydrogens is 745 g/mol. The van der Waals surface area contributed by atoms with Gasteiger partial charge in [-0.05, 0) is 87.2 Å². The van der Waals surface area contributed by atoms with Gasteiger partial charge >= 0.3 is 5.97 Å². The van der Waals surface area contributed by atoms with Crippen LogP contribution in [0.25, 0.3) is 32.8 Å². The molecular formula is C47H58N6O6. The van der Waals surface area contributed by atoms with Crippen LogP contribution in [0.4, 0.5) is 5.69 Å². The molecule has 2 aromatic heterocycles. The lowest BCUT2D eigenvalue weighted by atomic mass is 9.98. The fourth-order valence-corrected chi connectivity index (χ4v) is 8.56. The number of rotatable bonds is 13. The first-order valence-corrected chi connectivity index (χ1v) is 20.7. The van der Waals surface area contributed by atoms with Crippen LogP contribution in [0.3, 0.4) is 0 Å². The lowest BCUT2D eigenvalue weighted by Gasteiger charge is -2.37. The summed E-state index contributed by atoms with van der Waals surface area (Å²) in [7, 11) is 1.94. The normalized spacial score (nSPS) is 15.1. The zero-order valence-corrected chi connectivity index (χ0v) is 34.7. The van der Waals surface area contributed by atoms with Gasteiger partial charge in [0.05, 0.1) is 30.0 Å². The van der Waals surface area contributed by atoms with Crippen LogP contribution in [0.5, 0.6) is 11.5 Å². The van der Waals surface area contributed by atoms with Crippen LogP contribution in [0.1, 0.15) is 67.0 Å². The quantitative estimate of drug-likeness (QED) is 0.0975. The van der Waals surface area contributed by atoms with Crippen LogP contribution in [0.2, 0.25) is 0 Å². The molecule has 0 amide bonds. The molecule has 0 aliphatic carbocycles. The van der Waals surface area contributed by atoms with Gasteiger partial charge in [-0.2, -0.15) is 5.10 Å². The van der Waals surface area contributed by atoms with Gasteiger partial charge in [0.2, 0.25) is 0 Å². The van der Waals surface area contributed by atoms with Gasteiger partial charge < -0.3 is 40.0 Å². The number of nitrogens with zero attached hydrogens (tertiary/aromatic N) is 5. The van der Waals surface area contributed by atoms with Crippen LogP contribution in [0, 0.1) is 0 Å². The van der Waals surface area contributed by atoms with Crippen LogP contribution in [-0.2, 0) is 38.0 Å². The minimum absolute atomic E-state index is 0. The Hall–Kier alpha value is -5.40. The van der Waals surface area contributed by atoms with Crippen molar-refractivity contribution in [2.75, 3.05) is 50.8 Å². The maximum atomic E-state index is 13.2. The Morgan fingerprint density at radius 3 is 2.41 bits per heavy atom. The number of carboxylic acids is 1. The summed E-state index contributed by atoms with van der Waals surface area (Å²) in [6.07, 6.45) is 3.59. The van der Waals surface area contributed by atoms with Crippen LogP contribution < -0.4 is 20.5 Å². The Bertz CT molecular complexity index is 2370. The van der Waals surface area contributed by atoms with Gasteiger partial charge in [0.25, 0.3) is 0 Å². The molecule has 0 radical (unpaired) electrons. The van der Waals surface area contributed by atoms with Crippen molar-refractivity contribution < 1.29 is 29.2 Å². The molecule has 2 aliphatic heterocycles. The number of anilines is 1. The van der Waals surface area contributed by atoms with E-state index in [-0.39, 0.29) is 12.8 Å². The molecule has 12 heteroatoms. The summed E-state index contributed by atoms with van der Waals surface area (Å²) in [5.74, 6) is 0.660. The number of aromatic nitrogens is 3. The molecule has 0 saturated carbocycles. The van der Waals surface area contributed by atoms with Gasteiger partial charge in [-0.25, -0.2) is 4.79 Å². The van der Waals surface area contributed by atoms with Gasteiger partial charge in [0, 0.05) is 80.5 Å². The van der Waals surface area contributed by atoms with E-state index in [4.69, 9.17) is 19.3 Å². The maximum Gasteiger partial charge on any atom is 0.352 e. The maximum absolute atomic E-state index is 13.2. The number of piperazine rings is 1. The SMILES string of the molecule is Cn1nc(COc2ccc(N3CCN(CCC(C)(C)O)CC3)cc2)c2c1COCCCCn1c(C(=O)O)c(CCCOc3cccc4ccccc34)c3cccc-2c31.N. The predicted molar refractivity (Wildman–Crippen MR) is 233 cm³/mol. The van der Waals surface area contributed by atoms with Gasteiger partial charge in [-0.1, -0.05) is 54.6 Å². The van der Waals surface area contributed by atoms with E-state index in [9.17, 15) is 15.0 Å². The Kier molecular flexibility index (Phi) is 12.9. The summed E-state index contributed by atoms with van der Waals surface area (Å²) in [6, 6.07) is 28.7. The van der Waals surface area contributed by atoms with Crippen molar-refractivity contribution in [3.05, 3.63) is 108 Å². The Morgan fingerprint density at radius 1 is 0.881 bits per heavy atom. The summed E-state index contributed by atoms with van der Waals surface area (Å²) in [5.41, 5.74) is 6.16. The monoisotopic (exact) mass is 802 g/mol. The zero-order chi connectivity index (χ0) is 40.2. The highest BCUT2D eigenvalue weighted by molar-refractivity contribution is 6.04. The van der Waals surface area contributed by atoms with E-state index in [0.717, 1.165) is 119 Å². The molecule has 5 N–H and O–H groups in total. The molecule has 0 spiro atoms. The number of aryl methyl sites for hydroxylation is 3. The van der Waals surface area contributed by atoms with E-state index < -0.39 is 11.6 Å². The molecule has 0 unspecified atom stereocenters. The van der Waals surface area contributed by atoms with Crippen LogP contribution in [-0.4, -0.2) is 87.0 Å². The molecule has 6 aromatic rings. The number of hydrogen-bond acceptors (Lipinski definition) is 9. The summed E-state index contributed by atoms with van der Waals surface area (Å²) >= 11 is 0. The molecule has 4 aromatic carbocycles. The highest BCUT2D eigenvalue weighted by atomic mass is 16.5. The fourth-order valence-electron chi connectivity index (χ4n) is 8.56. The number of carboxylic acid groups (broad SMARTS) is 1. The van der Waals surface area contributed by atoms with E-state index in [1.54, 1.807) is 0 Å². The Balaban J connectivity index is 0.00000528. The molecule has 1 fully saturated rings. The standard InChI is InChI=1S/C47H55N5O6.H3N/c1-47(2,55)22-24-50-25-27-51(28-26-50)34-18-20-35(21-19-34)58-31-40-43-39-15-9-14-37-38(16-10-30-57-42-17-8-12-33-11-4-5-13-36(33)42)45(46(53)54)52(44(37)39)23-6-7-29-56-32-41(43)49(3)48-40;/h4-5,8-9,11-15,17-21,55H,6-7,10,16,22-32H2,1-3H3,(H,53,54);1H3. The number of hydrogen-bond donors (Lipinski definition) is 3. The molecule has 12 nitrogen and oxygen atoms in total. The summed E-state index contributed by atoms with van der Waals surface area (Å²) in [4.78, 5) is 18.0. The molecule has 1 saturated heterocycles. The predicted octanol–water partition coefficient (Wildman–Crippen LogP) is 8.24. The van der Waals surface area contributed by atoms with Gasteiger partial charge in [0.15, 0.2) is 0 Å². The largest absolute Gasteiger partial charge is 0.493 e. The third kappa shape index (κ3) is 9.26. The molecule has 0 atom stereocenters. The van der Waals surface area contributed by atoms with Gasteiger partial charge in [0.1, 0.15) is 29.5 Å². The third-order valence-electron chi connectivity index (χ3n) is 11.6. The first-order valence-electron chi connectivity index (χ1n) is 20.7. The van der Waals surface area contributed by atoms with Crippen LogP contribution >= 0.6 is 0 Å². The van der Waals surface area contributed by atoms with Crippen molar-refractivity contribution in [2.24, 2.45) is 7.05 Å². The smallest absolute Gasteiger partial charge is 0.352 e. The average molecular weight is 803 g/mol. The van der Waals surface area contributed by atoms with Crippen molar-refractivity contribution in [3.8, 4) is 22.6 Å². The lowest BCUT2D eigenvalue weighted by molar-refractivity contribution is 0.0568. The number of ether oxygens (including phenoxy) is 3. The van der Waals surface area contributed by atoms with E-state index in [1.807, 2.05) is 72.6 Å². The van der Waals surface area contributed by atoms with Gasteiger partial charge in [-0.15, -0.1) is 0 Å². The summed E-state index contributed by atoms with van der Waals surface area (Å²) < 4.78 is 22.8. The van der Waals surface area contributed by atoms with E-state index in [0.29, 0.717) is 44.9 Å². The number of para-hydroxylation sites is 1. The second kappa shape index (κ2) is 18.3. The summed E-state index contributed by atoms with van der Waals surface area (Å²) in [5, 5.41) is 29.0. The topological polar surface area (TPSA) is 149 Å². The van der Waals surface area contributed by atoms with E-state index >= 15 is 0 Å². The first kappa shape index (κ1) is 41.7. The number of carbonyl (C=O) groups is 1. The Labute approximate surface area is 346 Å². The molecule has 4 heterocycles. The molecule has 312 valence electrons. The van der Waals surface area contributed by atoms with E-state index in [2.05, 4.69) is 52.3 Å². The minimum Gasteiger partial charge on any atom is -0.493 e. The number of aliphatic hydroxyl groups is 1. The Morgan fingerprint density at radius 2 is 1.63 bits per heavy atom. The first-order chi connectivity index (χ1) is 28.1. The highest BCUT2D eigenvalue weighted by Gasteiger charge is 2.28. The van der Waals surface area contributed by atoms with Crippen molar-refractivity contribution in [2.45, 2.75) is 71.3 Å². The minimum atomic E-state index is -0.927. The molecule has 8 rings (SSSR count). The van der Waals surface area contributed by atoms with Crippen molar-refractivity contribution in [1.29, 1.82) is 0 Å². The summed E-state index contributed by atoms with van der Waals surface area (Å²) in [6.45, 7) is 10.7. The lowest BCUT2D eigenvalue weighted by Crippen LogP contribution is -2.47. The van der Waals surface area contributed by atoms with E-state index in [1.165, 1.54) is 0 Å². The molecule has 59 heavy (non-hydrogen) atoms. The highest BCUT2D eigenvalue weighted by Crippen LogP contribution is 2.39. The van der Waals surface area contributed by atoms with Crippen molar-refractivity contribution in [1.82, 2.24) is 25.4 Å². The van der Waals surface area contributed by atoms with Crippen molar-refractivity contribution in [3.63, 3.8) is 0 Å². The average Bonchev–Trinajstić information content (AvgIpc) is 3.71. The van der Waals surface area contributed by atoms with Crippen molar-refractivity contribution >= 4 is 33.3 Å². The second-order valence-electron chi connectivity index (χ2n) is 16.2.